The van der Waals surface area contributed by atoms with Gasteiger partial charge in [-0.1, -0.05) is 30.7 Å². The summed E-state index contributed by atoms with van der Waals surface area (Å²) in [6.45, 7) is 3.05. The first-order valence-corrected chi connectivity index (χ1v) is 7.49. The molecule has 0 fully saturated rings. The highest BCUT2D eigenvalue weighted by Gasteiger charge is 2.19. The standard InChI is InChI=1S/C14H17BrClN3/c1-3-9-19-12(7-8-18-19)14(17-2)10-5-4-6-11(15)13(10)16/h4-8,14,17H,3,9H2,1-2H3. The molecule has 0 aliphatic heterocycles. The SMILES string of the molecule is CCCn1nccc1C(NC)c1cccc(Br)c1Cl. The van der Waals surface area contributed by atoms with Crippen molar-refractivity contribution in [1.29, 1.82) is 0 Å². The highest BCUT2D eigenvalue weighted by Crippen LogP contribution is 2.33. The van der Waals surface area contributed by atoms with Crippen LogP contribution in [0.4, 0.5) is 0 Å². The van der Waals surface area contributed by atoms with Crippen molar-refractivity contribution in [1.82, 2.24) is 15.1 Å². The van der Waals surface area contributed by atoms with Crippen LogP contribution >= 0.6 is 27.5 Å². The number of halogens is 2. The molecule has 2 aromatic rings. The molecule has 1 aromatic heterocycles. The van der Waals surface area contributed by atoms with Gasteiger partial charge in [-0.25, -0.2) is 0 Å². The van der Waals surface area contributed by atoms with Gasteiger partial charge in [0.25, 0.3) is 0 Å². The summed E-state index contributed by atoms with van der Waals surface area (Å²) in [5.41, 5.74) is 2.18. The molecule has 0 saturated carbocycles. The molecule has 0 saturated heterocycles. The molecule has 19 heavy (non-hydrogen) atoms. The molecule has 0 radical (unpaired) electrons. The first-order chi connectivity index (χ1) is 9.19. The number of hydrogen-bond acceptors (Lipinski definition) is 2. The first kappa shape index (κ1) is 14.6. The second-order valence-electron chi connectivity index (χ2n) is 4.34. The lowest BCUT2D eigenvalue weighted by atomic mass is 10.0. The Hall–Kier alpha value is -0.840. The summed E-state index contributed by atoms with van der Waals surface area (Å²) in [6, 6.07) is 8.06. The van der Waals surface area contributed by atoms with Crippen molar-refractivity contribution in [3.8, 4) is 0 Å². The zero-order chi connectivity index (χ0) is 13.8. The van der Waals surface area contributed by atoms with E-state index in [-0.39, 0.29) is 6.04 Å². The van der Waals surface area contributed by atoms with Crippen molar-refractivity contribution in [3.63, 3.8) is 0 Å². The molecule has 0 aliphatic rings. The maximum Gasteiger partial charge on any atom is 0.0760 e. The van der Waals surface area contributed by atoms with E-state index in [2.05, 4.69) is 33.3 Å². The van der Waals surface area contributed by atoms with Gasteiger partial charge >= 0.3 is 0 Å². The first-order valence-electron chi connectivity index (χ1n) is 6.32. The molecule has 3 nitrogen and oxygen atoms in total. The molecular weight excluding hydrogens is 326 g/mol. The van der Waals surface area contributed by atoms with Crippen LogP contribution in [0.25, 0.3) is 0 Å². The van der Waals surface area contributed by atoms with Crippen LogP contribution in [0.1, 0.15) is 30.6 Å². The second kappa shape index (κ2) is 6.55. The molecule has 1 heterocycles. The van der Waals surface area contributed by atoms with Gasteiger partial charge in [-0.15, -0.1) is 0 Å². The largest absolute Gasteiger partial charge is 0.308 e. The summed E-state index contributed by atoms with van der Waals surface area (Å²) in [5.74, 6) is 0. The highest BCUT2D eigenvalue weighted by molar-refractivity contribution is 9.10. The van der Waals surface area contributed by atoms with E-state index in [9.17, 15) is 0 Å². The average molecular weight is 343 g/mol. The minimum atomic E-state index is 0.0408. The lowest BCUT2D eigenvalue weighted by Crippen LogP contribution is -2.22. The number of aromatic nitrogens is 2. The lowest BCUT2D eigenvalue weighted by molar-refractivity contribution is 0.534. The van der Waals surface area contributed by atoms with Crippen LogP contribution in [-0.4, -0.2) is 16.8 Å². The number of nitrogens with zero attached hydrogens (tertiary/aromatic N) is 2. The van der Waals surface area contributed by atoms with Crippen molar-refractivity contribution in [2.75, 3.05) is 7.05 Å². The topological polar surface area (TPSA) is 29.9 Å². The molecule has 1 N–H and O–H groups in total. The monoisotopic (exact) mass is 341 g/mol. The van der Waals surface area contributed by atoms with E-state index >= 15 is 0 Å². The molecule has 1 aromatic carbocycles. The summed E-state index contributed by atoms with van der Waals surface area (Å²) in [6.07, 6.45) is 2.89. The lowest BCUT2D eigenvalue weighted by Gasteiger charge is -2.20. The number of rotatable bonds is 5. The van der Waals surface area contributed by atoms with E-state index in [1.165, 1.54) is 0 Å². The molecule has 0 spiro atoms. The fourth-order valence-corrected chi connectivity index (χ4v) is 2.81. The molecule has 2 rings (SSSR count). The van der Waals surface area contributed by atoms with Crippen LogP contribution in [0.5, 0.6) is 0 Å². The van der Waals surface area contributed by atoms with Crippen molar-refractivity contribution < 1.29 is 0 Å². The van der Waals surface area contributed by atoms with Crippen LogP contribution in [0, 0.1) is 0 Å². The third-order valence-electron chi connectivity index (χ3n) is 3.06. The van der Waals surface area contributed by atoms with Gasteiger partial charge in [0, 0.05) is 17.2 Å². The van der Waals surface area contributed by atoms with Gasteiger partial charge in [-0.3, -0.25) is 4.68 Å². The molecule has 1 atom stereocenters. The summed E-state index contributed by atoms with van der Waals surface area (Å²) >= 11 is 9.87. The fourth-order valence-electron chi connectivity index (χ4n) is 2.19. The van der Waals surface area contributed by atoms with Crippen molar-refractivity contribution in [2.24, 2.45) is 0 Å². The molecule has 5 heteroatoms. The molecule has 1 unspecified atom stereocenters. The number of benzene rings is 1. The van der Waals surface area contributed by atoms with Gasteiger partial charge in [-0.2, -0.15) is 5.10 Å². The Labute approximate surface area is 127 Å². The quantitative estimate of drug-likeness (QED) is 0.889. The summed E-state index contributed by atoms with van der Waals surface area (Å²) < 4.78 is 2.94. The van der Waals surface area contributed by atoms with E-state index in [0.29, 0.717) is 0 Å². The molecule has 0 aliphatic carbocycles. The minimum absolute atomic E-state index is 0.0408. The Morgan fingerprint density at radius 3 is 2.89 bits per heavy atom. The van der Waals surface area contributed by atoms with Crippen molar-refractivity contribution in [2.45, 2.75) is 25.9 Å². The third-order valence-corrected chi connectivity index (χ3v) is 4.37. The van der Waals surface area contributed by atoms with Crippen LogP contribution in [0.3, 0.4) is 0 Å². The number of nitrogens with one attached hydrogen (secondary N) is 1. The minimum Gasteiger partial charge on any atom is -0.308 e. The average Bonchev–Trinajstić information content (AvgIpc) is 2.84. The Bertz CT molecular complexity index is 553. The van der Waals surface area contributed by atoms with Crippen molar-refractivity contribution >= 4 is 27.5 Å². The highest BCUT2D eigenvalue weighted by atomic mass is 79.9. The Morgan fingerprint density at radius 2 is 2.21 bits per heavy atom. The van der Waals surface area contributed by atoms with E-state index < -0.39 is 0 Å². The van der Waals surface area contributed by atoms with Gasteiger partial charge in [0.15, 0.2) is 0 Å². The van der Waals surface area contributed by atoms with Crippen LogP contribution in [-0.2, 0) is 6.54 Å². The number of hydrogen-bond donors (Lipinski definition) is 1. The maximum atomic E-state index is 6.40. The van der Waals surface area contributed by atoms with E-state index in [0.717, 1.165) is 33.7 Å². The van der Waals surface area contributed by atoms with E-state index in [4.69, 9.17) is 11.6 Å². The smallest absolute Gasteiger partial charge is 0.0760 e. The maximum absolute atomic E-state index is 6.40. The summed E-state index contributed by atoms with van der Waals surface area (Å²) in [5, 5.41) is 8.44. The van der Waals surface area contributed by atoms with Gasteiger partial charge in [0.05, 0.1) is 16.8 Å². The zero-order valence-corrected chi connectivity index (χ0v) is 13.4. The van der Waals surface area contributed by atoms with Crippen LogP contribution < -0.4 is 5.32 Å². The summed E-state index contributed by atoms with van der Waals surface area (Å²) in [7, 11) is 1.94. The second-order valence-corrected chi connectivity index (χ2v) is 5.58. The molecular formula is C14H17BrClN3. The van der Waals surface area contributed by atoms with E-state index in [1.54, 1.807) is 0 Å². The normalized spacial score (nSPS) is 12.6. The van der Waals surface area contributed by atoms with Crippen LogP contribution in [0.15, 0.2) is 34.9 Å². The number of aryl methyl sites for hydroxylation is 1. The Morgan fingerprint density at radius 1 is 1.42 bits per heavy atom. The zero-order valence-electron chi connectivity index (χ0n) is 11.0. The van der Waals surface area contributed by atoms with Crippen LogP contribution in [0.2, 0.25) is 5.02 Å². The van der Waals surface area contributed by atoms with Gasteiger partial charge in [0.2, 0.25) is 0 Å². The third kappa shape index (κ3) is 3.02. The van der Waals surface area contributed by atoms with Crippen molar-refractivity contribution in [3.05, 3.63) is 51.2 Å². The summed E-state index contributed by atoms with van der Waals surface area (Å²) in [4.78, 5) is 0. The van der Waals surface area contributed by atoms with Gasteiger partial charge in [-0.05, 0) is 47.1 Å². The molecule has 0 amide bonds. The van der Waals surface area contributed by atoms with Gasteiger partial charge in [0.1, 0.15) is 0 Å². The molecule has 102 valence electrons. The predicted molar refractivity (Wildman–Crippen MR) is 82.6 cm³/mol. The van der Waals surface area contributed by atoms with E-state index in [1.807, 2.05) is 42.2 Å². The Balaban J connectivity index is 2.44. The van der Waals surface area contributed by atoms with Gasteiger partial charge < -0.3 is 5.32 Å². The Kier molecular flexibility index (Phi) is 5.02. The molecule has 0 bridgehead atoms. The fraction of sp³-hybridized carbons (Fsp3) is 0.357. The predicted octanol–water partition coefficient (Wildman–Crippen LogP) is 4.02.